The summed E-state index contributed by atoms with van der Waals surface area (Å²) in [6, 6.07) is 8.94. The van der Waals surface area contributed by atoms with Gasteiger partial charge in [0.05, 0.1) is 6.54 Å². The van der Waals surface area contributed by atoms with Gasteiger partial charge < -0.3 is 10.6 Å². The summed E-state index contributed by atoms with van der Waals surface area (Å²) in [4.78, 5) is 4.36. The van der Waals surface area contributed by atoms with Crippen LogP contribution in [0.25, 0.3) is 6.08 Å². The normalized spacial score (nSPS) is 18.4. The molecule has 17 heavy (non-hydrogen) atoms. The van der Waals surface area contributed by atoms with Crippen molar-refractivity contribution in [3.63, 3.8) is 0 Å². The molecule has 1 aliphatic heterocycles. The lowest BCUT2D eigenvalue weighted by Crippen LogP contribution is -2.38. The molecular formula is C14H19N3. The van der Waals surface area contributed by atoms with Crippen molar-refractivity contribution in [3.8, 4) is 0 Å². The number of aliphatic imine (C=N–C) groups is 1. The Bertz CT molecular complexity index is 406. The highest BCUT2D eigenvalue weighted by molar-refractivity contribution is 5.81. The molecular weight excluding hydrogens is 210 g/mol. The van der Waals surface area contributed by atoms with E-state index in [4.69, 9.17) is 0 Å². The van der Waals surface area contributed by atoms with Crippen molar-refractivity contribution in [1.29, 1.82) is 0 Å². The van der Waals surface area contributed by atoms with Gasteiger partial charge in [0, 0.05) is 12.6 Å². The highest BCUT2D eigenvalue weighted by Crippen LogP contribution is 2.05. The second-order valence-corrected chi connectivity index (χ2v) is 4.36. The SMILES string of the molecule is C=Cc1ccc(CCNC2=NCC(C)N2)cc1. The van der Waals surface area contributed by atoms with Crippen molar-refractivity contribution in [2.45, 2.75) is 19.4 Å². The molecule has 3 nitrogen and oxygen atoms in total. The maximum absolute atomic E-state index is 4.36. The van der Waals surface area contributed by atoms with Crippen LogP contribution in [0.2, 0.25) is 0 Å². The molecule has 1 heterocycles. The van der Waals surface area contributed by atoms with Crippen LogP contribution in [-0.2, 0) is 6.42 Å². The maximum atomic E-state index is 4.36. The van der Waals surface area contributed by atoms with Crippen LogP contribution < -0.4 is 10.6 Å². The van der Waals surface area contributed by atoms with Gasteiger partial charge in [0.1, 0.15) is 0 Å². The minimum atomic E-state index is 0.462. The zero-order valence-corrected chi connectivity index (χ0v) is 10.2. The molecule has 1 atom stereocenters. The summed E-state index contributed by atoms with van der Waals surface area (Å²) in [5, 5.41) is 6.59. The lowest BCUT2D eigenvalue weighted by molar-refractivity contribution is 0.712. The largest absolute Gasteiger partial charge is 0.356 e. The molecule has 2 N–H and O–H groups in total. The summed E-state index contributed by atoms with van der Waals surface area (Å²) < 4.78 is 0. The van der Waals surface area contributed by atoms with E-state index in [1.54, 1.807) is 0 Å². The third-order valence-corrected chi connectivity index (χ3v) is 2.83. The molecule has 0 radical (unpaired) electrons. The highest BCUT2D eigenvalue weighted by atomic mass is 15.2. The van der Waals surface area contributed by atoms with Gasteiger partial charge in [0.15, 0.2) is 5.96 Å². The molecule has 0 aliphatic carbocycles. The summed E-state index contributed by atoms with van der Waals surface area (Å²) in [6.07, 6.45) is 2.87. The van der Waals surface area contributed by atoms with Crippen LogP contribution in [-0.4, -0.2) is 25.1 Å². The van der Waals surface area contributed by atoms with Crippen LogP contribution in [0.3, 0.4) is 0 Å². The number of hydrogen-bond donors (Lipinski definition) is 2. The van der Waals surface area contributed by atoms with Gasteiger partial charge in [0.25, 0.3) is 0 Å². The third-order valence-electron chi connectivity index (χ3n) is 2.83. The molecule has 0 amide bonds. The van der Waals surface area contributed by atoms with Crippen molar-refractivity contribution in [2.75, 3.05) is 13.1 Å². The first-order valence-corrected chi connectivity index (χ1v) is 6.04. The average molecular weight is 229 g/mol. The summed E-state index contributed by atoms with van der Waals surface area (Å²) in [5.41, 5.74) is 2.49. The smallest absolute Gasteiger partial charge is 0.191 e. The van der Waals surface area contributed by atoms with E-state index < -0.39 is 0 Å². The summed E-state index contributed by atoms with van der Waals surface area (Å²) in [6.45, 7) is 7.66. The van der Waals surface area contributed by atoms with Gasteiger partial charge in [-0.1, -0.05) is 36.9 Å². The Morgan fingerprint density at radius 2 is 2.24 bits per heavy atom. The lowest BCUT2D eigenvalue weighted by atomic mass is 10.1. The van der Waals surface area contributed by atoms with Gasteiger partial charge >= 0.3 is 0 Å². The predicted octanol–water partition coefficient (Wildman–Crippen LogP) is 1.81. The Hall–Kier alpha value is -1.77. The van der Waals surface area contributed by atoms with Gasteiger partial charge in [-0.3, -0.25) is 4.99 Å². The van der Waals surface area contributed by atoms with E-state index in [0.29, 0.717) is 6.04 Å². The van der Waals surface area contributed by atoms with E-state index in [2.05, 4.69) is 53.4 Å². The molecule has 90 valence electrons. The molecule has 0 bridgehead atoms. The molecule has 1 aliphatic rings. The molecule has 0 saturated carbocycles. The number of benzene rings is 1. The highest BCUT2D eigenvalue weighted by Gasteiger charge is 2.10. The fourth-order valence-corrected chi connectivity index (χ4v) is 1.81. The van der Waals surface area contributed by atoms with Crippen molar-refractivity contribution in [1.82, 2.24) is 10.6 Å². The van der Waals surface area contributed by atoms with E-state index in [1.807, 2.05) is 6.08 Å². The zero-order chi connectivity index (χ0) is 12.1. The Balaban J connectivity index is 1.76. The first-order valence-electron chi connectivity index (χ1n) is 6.04. The van der Waals surface area contributed by atoms with Crippen molar-refractivity contribution >= 4 is 12.0 Å². The van der Waals surface area contributed by atoms with Crippen LogP contribution in [0, 0.1) is 0 Å². The van der Waals surface area contributed by atoms with Gasteiger partial charge in [-0.05, 0) is 24.5 Å². The van der Waals surface area contributed by atoms with Gasteiger partial charge in [-0.2, -0.15) is 0 Å². The number of hydrogen-bond acceptors (Lipinski definition) is 3. The van der Waals surface area contributed by atoms with E-state index >= 15 is 0 Å². The zero-order valence-electron chi connectivity index (χ0n) is 10.2. The number of rotatable bonds is 4. The van der Waals surface area contributed by atoms with Crippen LogP contribution in [0.4, 0.5) is 0 Å². The molecule has 3 heteroatoms. The monoisotopic (exact) mass is 229 g/mol. The van der Waals surface area contributed by atoms with E-state index in [0.717, 1.165) is 31.0 Å². The first-order chi connectivity index (χ1) is 8.28. The Labute approximate surface area is 103 Å². The van der Waals surface area contributed by atoms with Crippen molar-refractivity contribution in [2.24, 2.45) is 4.99 Å². The molecule has 0 saturated heterocycles. The minimum absolute atomic E-state index is 0.462. The topological polar surface area (TPSA) is 36.4 Å². The van der Waals surface area contributed by atoms with Crippen molar-refractivity contribution in [3.05, 3.63) is 42.0 Å². The first kappa shape index (κ1) is 11.7. The Morgan fingerprint density at radius 1 is 1.47 bits per heavy atom. The number of nitrogens with zero attached hydrogens (tertiary/aromatic N) is 1. The predicted molar refractivity (Wildman–Crippen MR) is 73.1 cm³/mol. The third kappa shape index (κ3) is 3.34. The molecule has 0 aromatic heterocycles. The Kier molecular flexibility index (Phi) is 3.81. The average Bonchev–Trinajstić information content (AvgIpc) is 2.76. The van der Waals surface area contributed by atoms with Crippen molar-refractivity contribution < 1.29 is 0 Å². The van der Waals surface area contributed by atoms with Crippen LogP contribution >= 0.6 is 0 Å². The van der Waals surface area contributed by atoms with Crippen LogP contribution in [0.1, 0.15) is 18.1 Å². The molecule has 1 aromatic carbocycles. The van der Waals surface area contributed by atoms with Crippen LogP contribution in [0.15, 0.2) is 35.8 Å². The van der Waals surface area contributed by atoms with Gasteiger partial charge in [0.2, 0.25) is 0 Å². The maximum Gasteiger partial charge on any atom is 0.191 e. The molecule has 0 spiro atoms. The van der Waals surface area contributed by atoms with Gasteiger partial charge in [-0.25, -0.2) is 0 Å². The fraction of sp³-hybridized carbons (Fsp3) is 0.357. The summed E-state index contributed by atoms with van der Waals surface area (Å²) >= 11 is 0. The second-order valence-electron chi connectivity index (χ2n) is 4.36. The molecule has 0 fully saturated rings. The molecule has 2 rings (SSSR count). The number of guanidine groups is 1. The molecule has 1 unspecified atom stereocenters. The standard InChI is InChI=1S/C14H19N3/c1-3-12-4-6-13(7-5-12)8-9-15-14-16-10-11(2)17-14/h3-7,11H,1,8-10H2,2H3,(H2,15,16,17). The minimum Gasteiger partial charge on any atom is -0.356 e. The quantitative estimate of drug-likeness (QED) is 0.826. The lowest BCUT2D eigenvalue weighted by Gasteiger charge is -2.08. The fourth-order valence-electron chi connectivity index (χ4n) is 1.81. The van der Waals surface area contributed by atoms with E-state index in [1.165, 1.54) is 5.56 Å². The summed E-state index contributed by atoms with van der Waals surface area (Å²) in [5.74, 6) is 0.931. The second kappa shape index (κ2) is 5.53. The summed E-state index contributed by atoms with van der Waals surface area (Å²) in [7, 11) is 0. The number of nitrogens with one attached hydrogen (secondary N) is 2. The van der Waals surface area contributed by atoms with E-state index in [-0.39, 0.29) is 0 Å². The molecule has 1 aromatic rings. The van der Waals surface area contributed by atoms with Gasteiger partial charge in [-0.15, -0.1) is 0 Å². The van der Waals surface area contributed by atoms with Crippen LogP contribution in [0.5, 0.6) is 0 Å². The Morgan fingerprint density at radius 3 is 2.82 bits per heavy atom. The van der Waals surface area contributed by atoms with E-state index in [9.17, 15) is 0 Å².